The highest BCUT2D eigenvalue weighted by atomic mass is 79.9. The summed E-state index contributed by atoms with van der Waals surface area (Å²) in [5, 5.41) is 0. The Balaban J connectivity index is 2.36. The second kappa shape index (κ2) is 10.2. The molecule has 14 heteroatoms. The number of allylic oxidation sites excluding steroid dienone is 2. The van der Waals surface area contributed by atoms with E-state index in [0.717, 1.165) is 18.4 Å². The van der Waals surface area contributed by atoms with Crippen LogP contribution in [-0.4, -0.2) is 28.0 Å². The van der Waals surface area contributed by atoms with Crippen molar-refractivity contribution >= 4 is 223 Å². The molecule has 1 fully saturated rings. The number of benzene rings is 1. The zero-order chi connectivity index (χ0) is 24.8. The number of aryl methyl sites for hydroxylation is 1. The molecule has 2 atom stereocenters. The van der Waals surface area contributed by atoms with Gasteiger partial charge >= 0.3 is 0 Å². The quantitative estimate of drug-likeness (QED) is 0.209. The molecule has 0 N–H and O–H groups in total. The van der Waals surface area contributed by atoms with Crippen molar-refractivity contribution < 1.29 is 0 Å². The lowest BCUT2D eigenvalue weighted by atomic mass is 9.69. The second-order valence-corrected chi connectivity index (χ2v) is 30.8. The van der Waals surface area contributed by atoms with Gasteiger partial charge in [0.1, 0.15) is 23.7 Å². The van der Waals surface area contributed by atoms with Crippen molar-refractivity contribution in [3.05, 3.63) is 47.5 Å². The van der Waals surface area contributed by atoms with E-state index in [4.69, 9.17) is 0 Å². The molecule has 0 aliphatic heterocycles. The highest BCUT2D eigenvalue weighted by Crippen LogP contribution is 2.84. The van der Waals surface area contributed by atoms with Gasteiger partial charge in [0.25, 0.3) is 0 Å². The molecule has 0 bridgehead atoms. The molecule has 0 spiro atoms. The van der Waals surface area contributed by atoms with Crippen molar-refractivity contribution in [3.63, 3.8) is 0 Å². The summed E-state index contributed by atoms with van der Waals surface area (Å²) in [6.07, 6.45) is 3.79. The van der Waals surface area contributed by atoms with Gasteiger partial charge in [-0.1, -0.05) is 259 Å². The molecule has 0 amide bonds. The lowest BCUT2D eigenvalue weighted by molar-refractivity contribution is 0.381. The van der Waals surface area contributed by atoms with E-state index < -0.39 is 28.0 Å². The average molecular weight is 1340 g/mol. The van der Waals surface area contributed by atoms with Gasteiger partial charge in [0.05, 0.1) is 4.32 Å². The van der Waals surface area contributed by atoms with Gasteiger partial charge in [-0.2, -0.15) is 0 Å². The highest BCUT2D eigenvalue weighted by Gasteiger charge is 2.85. The third kappa shape index (κ3) is 4.32. The van der Waals surface area contributed by atoms with E-state index in [2.05, 4.69) is 253 Å². The Bertz CT molecular complexity index is 934. The van der Waals surface area contributed by atoms with Gasteiger partial charge < -0.3 is 0 Å². The molecule has 3 rings (SSSR count). The molecule has 2 unspecified atom stereocenters. The van der Waals surface area contributed by atoms with Crippen LogP contribution in [0.2, 0.25) is 0 Å². The Morgan fingerprint density at radius 2 is 1.00 bits per heavy atom. The van der Waals surface area contributed by atoms with E-state index in [-0.39, 0.29) is 0 Å². The first-order valence-corrected chi connectivity index (χ1v) is 19.7. The average Bonchev–Trinajstić information content (AvgIpc) is 2.67. The number of hydrogen-bond donors (Lipinski definition) is 0. The third-order valence-corrected chi connectivity index (χ3v) is 34.2. The number of hydrogen-bond acceptors (Lipinski definition) is 0. The minimum absolute atomic E-state index is 0.604. The van der Waals surface area contributed by atoms with Crippen LogP contribution in [0.1, 0.15) is 12.0 Å². The van der Waals surface area contributed by atoms with Gasteiger partial charge in [-0.05, 0) is 24.0 Å². The van der Waals surface area contributed by atoms with Crippen LogP contribution in [-0.2, 0) is 6.42 Å². The van der Waals surface area contributed by atoms with Crippen molar-refractivity contribution in [2.45, 2.75) is 40.9 Å². The summed E-state index contributed by atoms with van der Waals surface area (Å²) in [6.45, 7) is 0. The maximum absolute atomic E-state index is 4.21. The fourth-order valence-electron chi connectivity index (χ4n) is 3.80. The van der Waals surface area contributed by atoms with Crippen LogP contribution in [0, 0.1) is 0 Å². The van der Waals surface area contributed by atoms with Crippen molar-refractivity contribution in [2.24, 2.45) is 0 Å². The van der Waals surface area contributed by atoms with Gasteiger partial charge in [-0.15, -0.1) is 0 Å². The molecule has 180 valence electrons. The molecule has 0 heterocycles. The van der Waals surface area contributed by atoms with Crippen LogP contribution in [0.5, 0.6) is 0 Å². The summed E-state index contributed by atoms with van der Waals surface area (Å²) < 4.78 is -5.90. The Morgan fingerprint density at radius 1 is 0.531 bits per heavy atom. The fourth-order valence-corrected chi connectivity index (χ4v) is 18.6. The smallest absolute Gasteiger partial charge is 0.0778 e. The number of fused-ring (bicyclic) bond motifs is 1. The molecule has 0 radical (unpaired) electrons. The van der Waals surface area contributed by atoms with Crippen LogP contribution in [0.25, 0.3) is 0 Å². The monoisotopic (exact) mass is 1330 g/mol. The van der Waals surface area contributed by atoms with Crippen LogP contribution < -0.4 is 0 Å². The molecule has 1 saturated carbocycles. The summed E-state index contributed by atoms with van der Waals surface area (Å²) in [5.41, 5.74) is 2.32. The van der Waals surface area contributed by atoms with E-state index in [1.54, 1.807) is 0 Å². The maximum atomic E-state index is 4.21. The molecule has 1 aromatic rings. The van der Waals surface area contributed by atoms with Crippen LogP contribution in [0.15, 0.2) is 42.0 Å². The summed E-state index contributed by atoms with van der Waals surface area (Å²) in [7, 11) is 0. The molecular formula is C18H10Br14. The topological polar surface area (TPSA) is 0 Å². The van der Waals surface area contributed by atoms with E-state index >= 15 is 0 Å². The molecule has 0 saturated heterocycles. The maximum Gasteiger partial charge on any atom is 0.136 e. The van der Waals surface area contributed by atoms with Crippen molar-refractivity contribution in [1.82, 2.24) is 0 Å². The summed E-state index contributed by atoms with van der Waals surface area (Å²) in [4.78, 5) is 0. The zero-order valence-corrected chi connectivity index (χ0v) is 37.4. The van der Waals surface area contributed by atoms with Gasteiger partial charge in [-0.3, -0.25) is 0 Å². The van der Waals surface area contributed by atoms with E-state index in [9.17, 15) is 0 Å². The second-order valence-electron chi connectivity index (χ2n) is 7.50. The molecule has 1 aromatic carbocycles. The van der Waals surface area contributed by atoms with E-state index in [1.807, 2.05) is 6.07 Å². The first kappa shape index (κ1) is 32.2. The van der Waals surface area contributed by atoms with Crippen molar-refractivity contribution in [3.8, 4) is 0 Å². The largest absolute Gasteiger partial charge is 0.136 e. The number of alkyl halides is 14. The van der Waals surface area contributed by atoms with Crippen LogP contribution >= 0.6 is 223 Å². The molecule has 2 aliphatic rings. The molecule has 0 aromatic heterocycles. The summed E-state index contributed by atoms with van der Waals surface area (Å²) >= 11 is 56.2. The van der Waals surface area contributed by atoms with Gasteiger partial charge in [-0.25, -0.2) is 0 Å². The first-order chi connectivity index (χ1) is 14.2. The van der Waals surface area contributed by atoms with Gasteiger partial charge in [0.15, 0.2) is 0 Å². The number of halogens is 14. The highest BCUT2D eigenvalue weighted by molar-refractivity contribution is 9.35. The summed E-state index contributed by atoms with van der Waals surface area (Å²) in [6, 6.07) is 10.5. The van der Waals surface area contributed by atoms with Crippen molar-refractivity contribution in [1.29, 1.82) is 0 Å². The van der Waals surface area contributed by atoms with Crippen LogP contribution in [0.3, 0.4) is 0 Å². The molecule has 32 heavy (non-hydrogen) atoms. The fraction of sp³-hybridized carbons (Fsp3) is 0.556. The van der Waals surface area contributed by atoms with Gasteiger partial charge in [0.2, 0.25) is 0 Å². The Kier molecular flexibility index (Phi) is 10.3. The lowest BCUT2D eigenvalue weighted by Gasteiger charge is -2.70. The minimum Gasteiger partial charge on any atom is -0.0778 e. The number of rotatable bonds is 3. The van der Waals surface area contributed by atoms with Gasteiger partial charge in [0, 0.05) is 0 Å². The zero-order valence-electron chi connectivity index (χ0n) is 15.2. The third-order valence-electron chi connectivity index (χ3n) is 5.69. The summed E-state index contributed by atoms with van der Waals surface area (Å²) in [5.74, 6) is 0. The molecular weight excluding hydrogens is 1330 g/mol. The van der Waals surface area contributed by atoms with Crippen molar-refractivity contribution in [2.75, 3.05) is 0 Å². The predicted molar refractivity (Wildman–Crippen MR) is 190 cm³/mol. The lowest BCUT2D eigenvalue weighted by Crippen LogP contribution is -2.80. The Labute approximate surface area is 305 Å². The normalized spacial score (nSPS) is 35.5. The Hall–Kier alpha value is 5.68. The molecule has 2 aliphatic carbocycles. The first-order valence-electron chi connectivity index (χ1n) is 8.59. The SMILES string of the molecule is BrC1(Br)C=C2C(Br)(CCc3ccccc3)C(Br)(Br)C(Br)(Br)C(Br)(Br)C2(Br)C(Br)(Br)C1(Br)Br. The standard InChI is InChI=1S/C18H10Br14/c19-11(7-6-9-4-2-1-3-5-9)10-8-12(20,21)15(25,26)16(27,28)13(10,22)17(29,30)18(31,32)14(11,23)24/h1-5,8H,6-7H2. The predicted octanol–water partition coefficient (Wildman–Crippen LogP) is 12.8. The molecule has 0 nitrogen and oxygen atoms in total. The Morgan fingerprint density at radius 3 is 1.50 bits per heavy atom. The minimum atomic E-state index is -0.806. The van der Waals surface area contributed by atoms with E-state index in [0.29, 0.717) is 0 Å². The van der Waals surface area contributed by atoms with Crippen LogP contribution in [0.4, 0.5) is 0 Å². The van der Waals surface area contributed by atoms with E-state index in [1.165, 1.54) is 5.56 Å².